The minimum Gasteiger partial charge on any atom is -0.496 e. The molecule has 2 aliphatic rings. The highest BCUT2D eigenvalue weighted by atomic mass is 35.5. The van der Waals surface area contributed by atoms with E-state index in [9.17, 15) is 4.79 Å². The Kier molecular flexibility index (Phi) is 11.1. The van der Waals surface area contributed by atoms with Crippen molar-refractivity contribution >= 4 is 35.1 Å². The first-order valence-corrected chi connectivity index (χ1v) is 15.2. The molecule has 0 bridgehead atoms. The van der Waals surface area contributed by atoms with Crippen LogP contribution in [0.25, 0.3) is 0 Å². The lowest BCUT2D eigenvalue weighted by Crippen LogP contribution is -2.53. The first kappa shape index (κ1) is 31.7. The van der Waals surface area contributed by atoms with Gasteiger partial charge in [-0.2, -0.15) is 0 Å². The van der Waals surface area contributed by atoms with Crippen LogP contribution in [0.2, 0.25) is 10.0 Å². The molecular weight excluding hydrogens is 571 g/mol. The van der Waals surface area contributed by atoms with Crippen LogP contribution in [0.5, 0.6) is 11.5 Å². The van der Waals surface area contributed by atoms with Gasteiger partial charge in [0.15, 0.2) is 0 Å². The zero-order valence-corrected chi connectivity index (χ0v) is 26.5. The summed E-state index contributed by atoms with van der Waals surface area (Å²) in [6.45, 7) is 9.03. The monoisotopic (exact) mass is 610 g/mol. The van der Waals surface area contributed by atoms with Crippen LogP contribution in [0.1, 0.15) is 61.5 Å². The fourth-order valence-electron chi connectivity index (χ4n) is 5.28. The first-order valence-electron chi connectivity index (χ1n) is 14.5. The highest BCUT2D eigenvalue weighted by Crippen LogP contribution is 2.46. The second-order valence-corrected chi connectivity index (χ2v) is 11.1. The van der Waals surface area contributed by atoms with E-state index in [1.807, 2.05) is 70.5 Å². The van der Waals surface area contributed by atoms with Crippen LogP contribution in [-0.2, 0) is 6.42 Å². The summed E-state index contributed by atoms with van der Waals surface area (Å²) in [5, 5.41) is 4.61. The number of hydrogen-bond acceptors (Lipinski definition) is 5. The van der Waals surface area contributed by atoms with E-state index >= 15 is 0 Å². The molecule has 1 N–H and O–H groups in total. The van der Waals surface area contributed by atoms with Gasteiger partial charge in [-0.1, -0.05) is 74.7 Å². The molecule has 1 saturated heterocycles. The maximum absolute atomic E-state index is 14.4. The maximum atomic E-state index is 14.4. The molecule has 224 valence electrons. The summed E-state index contributed by atoms with van der Waals surface area (Å²) in [7, 11) is 3.27. The van der Waals surface area contributed by atoms with Gasteiger partial charge in [0.25, 0.3) is 0 Å². The summed E-state index contributed by atoms with van der Waals surface area (Å²) in [4.78, 5) is 23.3. The number of carbonyl (C=O) groups excluding carboxylic acids is 1. The van der Waals surface area contributed by atoms with E-state index < -0.39 is 6.04 Å². The average molecular weight is 612 g/mol. The fourth-order valence-corrected chi connectivity index (χ4v) is 5.53. The molecule has 2 atom stereocenters. The van der Waals surface area contributed by atoms with Gasteiger partial charge >= 0.3 is 6.03 Å². The van der Waals surface area contributed by atoms with Crippen LogP contribution in [0, 0.1) is 0 Å². The number of urea groups is 1. The van der Waals surface area contributed by atoms with Crippen LogP contribution < -0.4 is 14.8 Å². The number of amides is 2. The van der Waals surface area contributed by atoms with Gasteiger partial charge in [0.05, 0.1) is 25.8 Å². The van der Waals surface area contributed by atoms with Crippen molar-refractivity contribution in [2.45, 2.75) is 45.7 Å². The van der Waals surface area contributed by atoms with Crippen LogP contribution in [-0.4, -0.2) is 62.1 Å². The largest absolute Gasteiger partial charge is 0.496 e. The number of carbonyl (C=O) groups is 1. The first-order chi connectivity index (χ1) is 20.4. The lowest BCUT2D eigenvalue weighted by Gasteiger charge is -2.36. The van der Waals surface area contributed by atoms with Crippen molar-refractivity contribution in [2.75, 3.05) is 40.4 Å². The van der Waals surface area contributed by atoms with E-state index in [4.69, 9.17) is 37.7 Å². The SMILES string of the molecule is CCC.CCc1cc(C2=NC(c3ccc(Cl)cc3)C(c3ccc(Cl)cc3)N2C(=O)N2CCNCC2)c(OC)cc1OC. The molecule has 0 saturated carbocycles. The molecular formula is C33H40Cl2N4O3. The number of ether oxygens (including phenoxy) is 2. The van der Waals surface area contributed by atoms with E-state index in [-0.39, 0.29) is 12.1 Å². The van der Waals surface area contributed by atoms with Crippen molar-refractivity contribution in [1.82, 2.24) is 15.1 Å². The third kappa shape index (κ3) is 6.86. The number of aryl methyl sites for hydroxylation is 1. The number of nitrogens with one attached hydrogen (secondary N) is 1. The van der Waals surface area contributed by atoms with E-state index in [1.54, 1.807) is 14.2 Å². The van der Waals surface area contributed by atoms with Crippen LogP contribution in [0.15, 0.2) is 65.7 Å². The molecule has 0 spiro atoms. The third-order valence-electron chi connectivity index (χ3n) is 7.31. The summed E-state index contributed by atoms with van der Waals surface area (Å²) in [5.41, 5.74) is 3.64. The number of halogens is 2. The van der Waals surface area contributed by atoms with E-state index in [2.05, 4.69) is 26.1 Å². The van der Waals surface area contributed by atoms with Gasteiger partial charge in [-0.15, -0.1) is 0 Å². The molecule has 0 aliphatic carbocycles. The zero-order chi connectivity index (χ0) is 30.2. The number of methoxy groups -OCH3 is 2. The van der Waals surface area contributed by atoms with E-state index in [1.165, 1.54) is 6.42 Å². The summed E-state index contributed by atoms with van der Waals surface area (Å²) in [5.74, 6) is 1.89. The highest BCUT2D eigenvalue weighted by Gasteiger charge is 2.44. The number of benzene rings is 3. The number of aliphatic imine (C=N–C) groups is 1. The predicted molar refractivity (Wildman–Crippen MR) is 171 cm³/mol. The van der Waals surface area contributed by atoms with Gasteiger partial charge in [0.2, 0.25) is 0 Å². The number of piperazine rings is 1. The summed E-state index contributed by atoms with van der Waals surface area (Å²) >= 11 is 12.5. The Morgan fingerprint density at radius 1 is 0.881 bits per heavy atom. The maximum Gasteiger partial charge on any atom is 0.326 e. The molecule has 9 heteroatoms. The quantitative estimate of drug-likeness (QED) is 0.313. The van der Waals surface area contributed by atoms with Crippen molar-refractivity contribution in [1.29, 1.82) is 0 Å². The molecule has 7 nitrogen and oxygen atoms in total. The Hall–Kier alpha value is -3.26. The molecule has 0 aromatic heterocycles. The van der Waals surface area contributed by atoms with Gasteiger partial charge in [0.1, 0.15) is 23.4 Å². The standard InChI is InChI=1S/C30H32Cl2N4O3.C3H8/c1-4-19-17-24(26(39-3)18-25(19)38-2)29-34-27(20-5-9-22(31)10-6-20)28(21-7-11-23(32)12-8-21)36(29)30(37)35-15-13-33-14-16-35;1-3-2/h5-12,17-18,27-28,33H,4,13-16H2,1-3H3;3H2,1-2H3. The molecule has 2 amide bonds. The van der Waals surface area contributed by atoms with Gasteiger partial charge in [0, 0.05) is 42.3 Å². The number of nitrogens with zero attached hydrogens (tertiary/aromatic N) is 3. The number of amidine groups is 1. The molecule has 0 radical (unpaired) electrons. The minimum atomic E-state index is -0.405. The van der Waals surface area contributed by atoms with Gasteiger partial charge < -0.3 is 19.7 Å². The smallest absolute Gasteiger partial charge is 0.326 e. The summed E-state index contributed by atoms with van der Waals surface area (Å²) < 4.78 is 11.5. The molecule has 42 heavy (non-hydrogen) atoms. The topological polar surface area (TPSA) is 66.4 Å². The fraction of sp³-hybridized carbons (Fsp3) is 0.394. The summed E-state index contributed by atoms with van der Waals surface area (Å²) in [6.07, 6.45) is 2.00. The molecule has 3 aromatic rings. The Morgan fingerprint density at radius 2 is 1.43 bits per heavy atom. The van der Waals surface area contributed by atoms with Gasteiger partial charge in [-0.05, 0) is 53.4 Å². The van der Waals surface area contributed by atoms with Crippen LogP contribution >= 0.6 is 23.2 Å². The Balaban J connectivity index is 0.00000129. The average Bonchev–Trinajstić information content (AvgIpc) is 3.41. The molecule has 3 aromatic carbocycles. The molecule has 5 rings (SSSR count). The zero-order valence-electron chi connectivity index (χ0n) is 25.0. The van der Waals surface area contributed by atoms with Crippen molar-refractivity contribution < 1.29 is 14.3 Å². The Morgan fingerprint density at radius 3 is 1.95 bits per heavy atom. The second kappa shape index (κ2) is 14.8. The predicted octanol–water partition coefficient (Wildman–Crippen LogP) is 7.56. The molecule has 2 heterocycles. The van der Waals surface area contributed by atoms with E-state index in [0.717, 1.165) is 47.5 Å². The van der Waals surface area contributed by atoms with Gasteiger partial charge in [-0.3, -0.25) is 9.89 Å². The molecule has 1 fully saturated rings. The number of hydrogen-bond donors (Lipinski definition) is 1. The minimum absolute atomic E-state index is 0.0948. The van der Waals surface area contributed by atoms with Crippen molar-refractivity contribution in [2.24, 2.45) is 4.99 Å². The van der Waals surface area contributed by atoms with Crippen LogP contribution in [0.3, 0.4) is 0 Å². The van der Waals surface area contributed by atoms with Crippen molar-refractivity contribution in [3.63, 3.8) is 0 Å². The molecule has 2 aliphatic heterocycles. The van der Waals surface area contributed by atoms with Crippen LogP contribution in [0.4, 0.5) is 4.79 Å². The highest BCUT2D eigenvalue weighted by molar-refractivity contribution is 6.30. The van der Waals surface area contributed by atoms with Crippen molar-refractivity contribution in [3.8, 4) is 11.5 Å². The van der Waals surface area contributed by atoms with Crippen molar-refractivity contribution in [3.05, 3.63) is 93.0 Å². The number of rotatable bonds is 6. The lowest BCUT2D eigenvalue weighted by molar-refractivity contribution is 0.157. The molecule has 2 unspecified atom stereocenters. The summed E-state index contributed by atoms with van der Waals surface area (Å²) in [6, 6.07) is 18.3. The lowest BCUT2D eigenvalue weighted by atomic mass is 9.93. The van der Waals surface area contributed by atoms with E-state index in [0.29, 0.717) is 34.7 Å². The van der Waals surface area contributed by atoms with Gasteiger partial charge in [-0.25, -0.2) is 4.79 Å². The third-order valence-corrected chi connectivity index (χ3v) is 7.81. The normalized spacial score (nSPS) is 18.2. The Labute approximate surface area is 259 Å². The Bertz CT molecular complexity index is 1370. The second-order valence-electron chi connectivity index (χ2n) is 10.3.